The number of phenols is 1. The van der Waals surface area contributed by atoms with Crippen LogP contribution in [0, 0.1) is 0 Å². The second kappa shape index (κ2) is 5.90. The van der Waals surface area contributed by atoms with Crippen molar-refractivity contribution in [3.8, 4) is 5.75 Å². The lowest BCUT2D eigenvalue weighted by Crippen LogP contribution is -1.90. The molecule has 0 aromatic heterocycles. The minimum atomic E-state index is -0.752. The van der Waals surface area contributed by atoms with Crippen molar-refractivity contribution >= 4 is 23.2 Å². The number of aromatic hydroxyl groups is 1. The molecule has 0 aliphatic heterocycles. The quantitative estimate of drug-likeness (QED) is 0.712. The molecule has 3 heteroatoms. The maximum Gasteiger partial charge on any atom is 0.133 e. The largest absolute Gasteiger partial charge is 0.508 e. The van der Waals surface area contributed by atoms with Crippen LogP contribution >= 0.6 is 23.2 Å². The third kappa shape index (κ3) is 3.36. The Labute approximate surface area is 135 Å². The normalized spacial score (nSPS) is 24.7. The van der Waals surface area contributed by atoms with Crippen LogP contribution in [0.15, 0.2) is 54.6 Å². The second-order valence-corrected chi connectivity index (χ2v) is 7.14. The molecule has 0 saturated heterocycles. The highest BCUT2D eigenvalue weighted by atomic mass is 35.5. The standard InChI is InChI=1S/C15H12Cl2O.C3H6/c16-15(17)13(10-4-2-1-3-5-10)14(15)11-6-8-12(18)9-7-11;1-2-3-1/h1-9,13-14,18H;1-3H2/t13-,14+;/m1./s1. The summed E-state index contributed by atoms with van der Waals surface area (Å²) in [7, 11) is 0. The van der Waals surface area contributed by atoms with Gasteiger partial charge >= 0.3 is 0 Å². The minimum absolute atomic E-state index is 0.0869. The van der Waals surface area contributed by atoms with Crippen LogP contribution in [0.3, 0.4) is 0 Å². The molecule has 0 spiro atoms. The number of rotatable bonds is 2. The molecule has 0 radical (unpaired) electrons. The molecule has 4 rings (SSSR count). The van der Waals surface area contributed by atoms with Gasteiger partial charge in [-0.15, -0.1) is 23.2 Å². The summed E-state index contributed by atoms with van der Waals surface area (Å²) < 4.78 is -0.752. The molecular weight excluding hydrogens is 303 g/mol. The third-order valence-electron chi connectivity index (χ3n) is 3.82. The number of phenolic OH excluding ortho intramolecular Hbond substituents is 1. The fraction of sp³-hybridized carbons (Fsp3) is 0.333. The van der Waals surface area contributed by atoms with Gasteiger partial charge in [0.25, 0.3) is 0 Å². The molecule has 21 heavy (non-hydrogen) atoms. The van der Waals surface area contributed by atoms with Crippen LogP contribution in [-0.2, 0) is 0 Å². The Morgan fingerprint density at radius 1 is 0.762 bits per heavy atom. The summed E-state index contributed by atoms with van der Waals surface area (Å²) in [6.45, 7) is 0. The first-order valence-corrected chi connectivity index (χ1v) is 8.08. The SMILES string of the molecule is C1CC1.Oc1ccc([C@H]2[C@@H](c3ccccc3)C2(Cl)Cl)cc1. The number of benzene rings is 2. The van der Waals surface area contributed by atoms with Gasteiger partial charge in [0.2, 0.25) is 0 Å². The fourth-order valence-corrected chi connectivity index (χ4v) is 3.38. The van der Waals surface area contributed by atoms with Gasteiger partial charge in [0, 0.05) is 11.8 Å². The predicted molar refractivity (Wildman–Crippen MR) is 88.3 cm³/mol. The first-order valence-electron chi connectivity index (χ1n) is 7.32. The highest BCUT2D eigenvalue weighted by molar-refractivity contribution is 6.52. The van der Waals surface area contributed by atoms with E-state index >= 15 is 0 Å². The lowest BCUT2D eigenvalue weighted by molar-refractivity contribution is 0.475. The molecule has 110 valence electrons. The Balaban J connectivity index is 0.000000393. The Hall–Kier alpha value is -1.18. The number of hydrogen-bond acceptors (Lipinski definition) is 1. The smallest absolute Gasteiger partial charge is 0.133 e. The fourth-order valence-electron chi connectivity index (χ4n) is 2.50. The molecule has 0 unspecified atom stereocenters. The van der Waals surface area contributed by atoms with E-state index in [0.717, 1.165) is 11.1 Å². The summed E-state index contributed by atoms with van der Waals surface area (Å²) in [6, 6.07) is 17.1. The number of halogens is 2. The lowest BCUT2D eigenvalue weighted by Gasteiger charge is -2.00. The van der Waals surface area contributed by atoms with Gasteiger partial charge in [-0.25, -0.2) is 0 Å². The molecule has 2 aliphatic rings. The van der Waals surface area contributed by atoms with E-state index in [4.69, 9.17) is 23.2 Å². The molecule has 0 bridgehead atoms. The van der Waals surface area contributed by atoms with Gasteiger partial charge in [-0.2, -0.15) is 0 Å². The zero-order chi connectivity index (χ0) is 14.9. The maximum atomic E-state index is 9.31. The predicted octanol–water partition coefficient (Wildman–Crippen LogP) is 5.62. The van der Waals surface area contributed by atoms with Crippen LogP contribution in [0.4, 0.5) is 0 Å². The summed E-state index contributed by atoms with van der Waals surface area (Å²) in [5.41, 5.74) is 2.22. The van der Waals surface area contributed by atoms with Crippen molar-refractivity contribution in [2.75, 3.05) is 0 Å². The van der Waals surface area contributed by atoms with Crippen molar-refractivity contribution in [1.82, 2.24) is 0 Å². The average molecular weight is 321 g/mol. The van der Waals surface area contributed by atoms with Crippen LogP contribution in [0.1, 0.15) is 42.2 Å². The van der Waals surface area contributed by atoms with E-state index in [1.807, 2.05) is 42.5 Å². The Bertz CT molecular complexity index is 588. The minimum Gasteiger partial charge on any atom is -0.508 e. The first-order chi connectivity index (χ1) is 10.1. The molecule has 2 aromatic carbocycles. The van der Waals surface area contributed by atoms with E-state index in [2.05, 4.69) is 0 Å². The number of alkyl halides is 2. The van der Waals surface area contributed by atoms with E-state index in [1.54, 1.807) is 12.1 Å². The zero-order valence-corrected chi connectivity index (χ0v) is 13.2. The molecule has 0 heterocycles. The van der Waals surface area contributed by atoms with Gasteiger partial charge in [-0.1, -0.05) is 61.7 Å². The second-order valence-electron chi connectivity index (χ2n) is 5.69. The van der Waals surface area contributed by atoms with E-state index in [0.29, 0.717) is 0 Å². The van der Waals surface area contributed by atoms with E-state index in [-0.39, 0.29) is 17.6 Å². The number of hydrogen-bond donors (Lipinski definition) is 1. The zero-order valence-electron chi connectivity index (χ0n) is 11.7. The van der Waals surface area contributed by atoms with Gasteiger partial charge in [0.15, 0.2) is 0 Å². The topological polar surface area (TPSA) is 20.2 Å². The summed E-state index contributed by atoms with van der Waals surface area (Å²) in [4.78, 5) is 0. The molecule has 0 amide bonds. The molecule has 1 nitrogen and oxygen atoms in total. The van der Waals surface area contributed by atoms with Gasteiger partial charge in [0.1, 0.15) is 10.1 Å². The summed E-state index contributed by atoms with van der Waals surface area (Å²) in [6.07, 6.45) is 4.50. The molecule has 2 aromatic rings. The molecule has 2 aliphatic carbocycles. The Morgan fingerprint density at radius 3 is 1.71 bits per heavy atom. The van der Waals surface area contributed by atoms with E-state index in [9.17, 15) is 5.11 Å². The highest BCUT2D eigenvalue weighted by Crippen LogP contribution is 2.70. The lowest BCUT2D eigenvalue weighted by atomic mass is 10.0. The van der Waals surface area contributed by atoms with Crippen LogP contribution in [0.2, 0.25) is 0 Å². The Morgan fingerprint density at radius 2 is 1.24 bits per heavy atom. The van der Waals surface area contributed by atoms with Crippen molar-refractivity contribution < 1.29 is 5.11 Å². The average Bonchev–Trinajstić information content (AvgIpc) is 3.38. The van der Waals surface area contributed by atoms with Gasteiger partial charge in [-0.05, 0) is 23.3 Å². The van der Waals surface area contributed by atoms with E-state index < -0.39 is 4.33 Å². The monoisotopic (exact) mass is 320 g/mol. The first kappa shape index (κ1) is 14.7. The van der Waals surface area contributed by atoms with Crippen LogP contribution in [0.25, 0.3) is 0 Å². The molecule has 2 atom stereocenters. The Kier molecular flexibility index (Phi) is 4.14. The molecule has 2 fully saturated rings. The van der Waals surface area contributed by atoms with Crippen LogP contribution < -0.4 is 0 Å². The van der Waals surface area contributed by atoms with Gasteiger partial charge in [-0.3, -0.25) is 0 Å². The molecule has 2 saturated carbocycles. The van der Waals surface area contributed by atoms with Gasteiger partial charge < -0.3 is 5.11 Å². The highest BCUT2D eigenvalue weighted by Gasteiger charge is 2.64. The molecule has 1 N–H and O–H groups in total. The van der Waals surface area contributed by atoms with E-state index in [1.165, 1.54) is 19.3 Å². The summed E-state index contributed by atoms with van der Waals surface area (Å²) in [5, 5.41) is 9.31. The maximum absolute atomic E-state index is 9.31. The summed E-state index contributed by atoms with van der Waals surface area (Å²) >= 11 is 12.8. The summed E-state index contributed by atoms with van der Waals surface area (Å²) in [5.74, 6) is 0.459. The molecular formula is C18H18Cl2O. The van der Waals surface area contributed by atoms with Crippen molar-refractivity contribution in [2.45, 2.75) is 35.4 Å². The van der Waals surface area contributed by atoms with Crippen LogP contribution in [0.5, 0.6) is 5.75 Å². The third-order valence-corrected chi connectivity index (χ3v) is 4.76. The van der Waals surface area contributed by atoms with Crippen molar-refractivity contribution in [2.24, 2.45) is 0 Å². The van der Waals surface area contributed by atoms with Crippen LogP contribution in [-0.4, -0.2) is 9.44 Å². The van der Waals surface area contributed by atoms with Crippen molar-refractivity contribution in [3.05, 3.63) is 65.7 Å². The van der Waals surface area contributed by atoms with Crippen molar-refractivity contribution in [3.63, 3.8) is 0 Å². The van der Waals surface area contributed by atoms with Crippen molar-refractivity contribution in [1.29, 1.82) is 0 Å². The van der Waals surface area contributed by atoms with Gasteiger partial charge in [0.05, 0.1) is 0 Å².